The van der Waals surface area contributed by atoms with Crippen LogP contribution in [0.5, 0.6) is 5.75 Å². The van der Waals surface area contributed by atoms with Crippen molar-refractivity contribution in [2.75, 3.05) is 40.0 Å². The van der Waals surface area contributed by atoms with Gasteiger partial charge < -0.3 is 19.1 Å². The second-order valence-corrected chi connectivity index (χ2v) is 8.34. The summed E-state index contributed by atoms with van der Waals surface area (Å²) in [5, 5.41) is 0.746. The number of amides is 1. The summed E-state index contributed by atoms with van der Waals surface area (Å²) in [5.41, 5.74) is 5.05. The molecule has 7 nitrogen and oxygen atoms in total. The minimum Gasteiger partial charge on any atom is -0.497 e. The van der Waals surface area contributed by atoms with Gasteiger partial charge in [-0.2, -0.15) is 0 Å². The first kappa shape index (κ1) is 22.1. The number of carbonyl (C=O) groups excluding carboxylic acids is 2. The van der Waals surface area contributed by atoms with Crippen LogP contribution in [0.3, 0.4) is 0 Å². The molecule has 0 bridgehead atoms. The average Bonchev–Trinajstić information content (AvgIpc) is 3.28. The number of aromatic nitrogens is 1. The number of nitrogens with zero attached hydrogens (tertiary/aromatic N) is 2. The van der Waals surface area contributed by atoms with Crippen LogP contribution in [0.1, 0.15) is 33.6 Å². The molecule has 0 atom stereocenters. The number of para-hydroxylation sites is 1. The highest BCUT2D eigenvalue weighted by Gasteiger charge is 2.28. The van der Waals surface area contributed by atoms with E-state index in [1.807, 2.05) is 48.5 Å². The van der Waals surface area contributed by atoms with E-state index in [2.05, 4.69) is 6.08 Å². The van der Waals surface area contributed by atoms with Crippen molar-refractivity contribution in [2.24, 2.45) is 0 Å². The maximum absolute atomic E-state index is 13.3. The Labute approximate surface area is 197 Å². The van der Waals surface area contributed by atoms with Crippen molar-refractivity contribution >= 4 is 34.4 Å². The zero-order chi connectivity index (χ0) is 23.5. The van der Waals surface area contributed by atoms with E-state index in [-0.39, 0.29) is 12.5 Å². The van der Waals surface area contributed by atoms with Crippen LogP contribution < -0.4 is 4.74 Å². The molecule has 5 rings (SSSR count). The first-order valence-electron chi connectivity index (χ1n) is 11.4. The Kier molecular flexibility index (Phi) is 6.27. The molecule has 0 spiro atoms. The average molecular weight is 459 g/mol. The number of carbonyl (C=O) groups is 2. The Hall–Kier alpha value is -3.71. The zero-order valence-electron chi connectivity index (χ0n) is 19.1. The molecule has 34 heavy (non-hydrogen) atoms. The molecule has 1 aromatic heterocycles. The highest BCUT2D eigenvalue weighted by molar-refractivity contribution is 6.07. The molecular weight excluding hydrogens is 432 g/mol. The number of pyridine rings is 1. The van der Waals surface area contributed by atoms with Crippen LogP contribution in [-0.4, -0.2) is 61.8 Å². The minimum atomic E-state index is -0.484. The van der Waals surface area contributed by atoms with E-state index in [0.717, 1.165) is 45.5 Å². The summed E-state index contributed by atoms with van der Waals surface area (Å²) in [4.78, 5) is 32.3. The van der Waals surface area contributed by atoms with Gasteiger partial charge in [-0.25, -0.2) is 9.78 Å². The third kappa shape index (κ3) is 4.39. The lowest BCUT2D eigenvalue weighted by Gasteiger charge is -2.26. The highest BCUT2D eigenvalue weighted by Crippen LogP contribution is 2.38. The molecule has 0 N–H and O–H groups in total. The summed E-state index contributed by atoms with van der Waals surface area (Å²) in [6, 6.07) is 15.4. The van der Waals surface area contributed by atoms with Crippen molar-refractivity contribution in [1.29, 1.82) is 0 Å². The molecule has 0 radical (unpaired) electrons. The van der Waals surface area contributed by atoms with Crippen LogP contribution >= 0.6 is 0 Å². The molecule has 3 aromatic rings. The number of morpholine rings is 1. The molecule has 2 aromatic carbocycles. The van der Waals surface area contributed by atoms with Crippen LogP contribution in [0.25, 0.3) is 22.6 Å². The number of esters is 1. The van der Waals surface area contributed by atoms with Crippen molar-refractivity contribution in [3.8, 4) is 5.75 Å². The lowest BCUT2D eigenvalue weighted by Crippen LogP contribution is -2.42. The minimum absolute atomic E-state index is 0.202. The first-order chi connectivity index (χ1) is 16.6. The van der Waals surface area contributed by atoms with Crippen molar-refractivity contribution in [2.45, 2.75) is 12.8 Å². The van der Waals surface area contributed by atoms with Gasteiger partial charge in [-0.3, -0.25) is 4.79 Å². The second kappa shape index (κ2) is 9.65. The van der Waals surface area contributed by atoms with Crippen molar-refractivity contribution < 1.29 is 23.8 Å². The summed E-state index contributed by atoms with van der Waals surface area (Å²) in [7, 11) is 1.64. The Morgan fingerprint density at radius 2 is 1.82 bits per heavy atom. The maximum Gasteiger partial charge on any atom is 0.339 e. The predicted molar refractivity (Wildman–Crippen MR) is 129 cm³/mol. The van der Waals surface area contributed by atoms with E-state index in [4.69, 9.17) is 19.2 Å². The van der Waals surface area contributed by atoms with Crippen LogP contribution in [0.15, 0.2) is 48.5 Å². The van der Waals surface area contributed by atoms with Gasteiger partial charge in [0, 0.05) is 18.5 Å². The predicted octanol–water partition coefficient (Wildman–Crippen LogP) is 3.75. The van der Waals surface area contributed by atoms with Gasteiger partial charge in [-0.05, 0) is 53.8 Å². The van der Waals surface area contributed by atoms with Crippen LogP contribution in [0.2, 0.25) is 0 Å². The lowest BCUT2D eigenvalue weighted by atomic mass is 10.0. The smallest absolute Gasteiger partial charge is 0.339 e. The van der Waals surface area contributed by atoms with E-state index in [0.29, 0.717) is 38.3 Å². The quantitative estimate of drug-likeness (QED) is 0.542. The molecule has 1 aliphatic heterocycles. The number of hydrogen-bond donors (Lipinski definition) is 0. The van der Waals surface area contributed by atoms with Crippen LogP contribution in [-0.2, 0) is 20.7 Å². The molecule has 1 aliphatic carbocycles. The number of allylic oxidation sites excluding steroid dienone is 1. The fourth-order valence-corrected chi connectivity index (χ4v) is 4.52. The van der Waals surface area contributed by atoms with Crippen LogP contribution in [0, 0.1) is 0 Å². The second-order valence-electron chi connectivity index (χ2n) is 8.34. The third-order valence-electron chi connectivity index (χ3n) is 6.29. The zero-order valence-corrected chi connectivity index (χ0v) is 19.1. The molecule has 1 amide bonds. The van der Waals surface area contributed by atoms with Gasteiger partial charge in [-0.15, -0.1) is 0 Å². The van der Waals surface area contributed by atoms with Gasteiger partial charge in [0.2, 0.25) is 0 Å². The van der Waals surface area contributed by atoms with Crippen molar-refractivity contribution in [3.05, 3.63) is 70.9 Å². The molecular formula is C27H26N2O5. The summed E-state index contributed by atoms with van der Waals surface area (Å²) in [6.45, 7) is 1.77. The van der Waals surface area contributed by atoms with E-state index in [1.54, 1.807) is 12.0 Å². The Morgan fingerprint density at radius 3 is 2.59 bits per heavy atom. The molecule has 0 saturated carbocycles. The molecule has 2 heterocycles. The van der Waals surface area contributed by atoms with Crippen molar-refractivity contribution in [3.63, 3.8) is 0 Å². The van der Waals surface area contributed by atoms with E-state index in [1.165, 1.54) is 0 Å². The number of ether oxygens (including phenoxy) is 3. The molecule has 0 unspecified atom stereocenters. The Bertz CT molecular complexity index is 1260. The van der Waals surface area contributed by atoms with E-state index >= 15 is 0 Å². The normalized spacial score (nSPS) is 16.5. The number of methoxy groups -OCH3 is 1. The van der Waals surface area contributed by atoms with E-state index in [9.17, 15) is 9.59 Å². The van der Waals surface area contributed by atoms with Gasteiger partial charge in [0.15, 0.2) is 6.61 Å². The summed E-state index contributed by atoms with van der Waals surface area (Å²) < 4.78 is 16.1. The standard InChI is InChI=1S/C27H26N2O5/c1-32-20-9-6-18(7-10-20)16-19-8-11-22-25(21-4-2-3-5-23(21)28-26(19)22)27(31)34-17-24(30)29-12-14-33-15-13-29/h2-7,9-10,16H,8,11-15,17H2,1H3. The SMILES string of the molecule is COc1ccc(C=C2CCc3c2nc2ccccc2c3C(=O)OCC(=O)N2CCOCC2)cc1. The van der Waals surface area contributed by atoms with Gasteiger partial charge in [-0.1, -0.05) is 30.3 Å². The van der Waals surface area contributed by atoms with Crippen molar-refractivity contribution in [1.82, 2.24) is 9.88 Å². The third-order valence-corrected chi connectivity index (χ3v) is 6.29. The van der Waals surface area contributed by atoms with Crippen LogP contribution in [0.4, 0.5) is 0 Å². The molecule has 2 aliphatic rings. The summed E-state index contributed by atoms with van der Waals surface area (Å²) in [6.07, 6.45) is 3.57. The first-order valence-corrected chi connectivity index (χ1v) is 11.4. The molecule has 7 heteroatoms. The lowest BCUT2D eigenvalue weighted by molar-refractivity contribution is -0.138. The fraction of sp³-hybridized carbons (Fsp3) is 0.296. The van der Waals surface area contributed by atoms with Gasteiger partial charge in [0.25, 0.3) is 5.91 Å². The largest absolute Gasteiger partial charge is 0.497 e. The Morgan fingerprint density at radius 1 is 1.06 bits per heavy atom. The van der Waals surface area contributed by atoms with E-state index < -0.39 is 5.97 Å². The maximum atomic E-state index is 13.3. The van der Waals surface area contributed by atoms with Gasteiger partial charge in [0.05, 0.1) is 37.1 Å². The molecule has 174 valence electrons. The fourth-order valence-electron chi connectivity index (χ4n) is 4.52. The topological polar surface area (TPSA) is 78.0 Å². The monoisotopic (exact) mass is 458 g/mol. The summed E-state index contributed by atoms with van der Waals surface area (Å²) in [5.74, 6) is 0.114. The highest BCUT2D eigenvalue weighted by atomic mass is 16.5. The molecule has 1 fully saturated rings. The summed E-state index contributed by atoms with van der Waals surface area (Å²) >= 11 is 0. The number of benzene rings is 2. The number of hydrogen-bond acceptors (Lipinski definition) is 6. The number of fused-ring (bicyclic) bond motifs is 2. The van der Waals surface area contributed by atoms with Gasteiger partial charge >= 0.3 is 5.97 Å². The number of rotatable bonds is 5. The molecule has 1 saturated heterocycles. The van der Waals surface area contributed by atoms with Gasteiger partial charge in [0.1, 0.15) is 5.75 Å². The Balaban J connectivity index is 1.45.